The maximum absolute atomic E-state index is 12.9. The van der Waals surface area contributed by atoms with E-state index >= 15 is 0 Å². The van der Waals surface area contributed by atoms with Crippen molar-refractivity contribution in [1.29, 1.82) is 0 Å². The van der Waals surface area contributed by atoms with Crippen LogP contribution in [0.25, 0.3) is 11.1 Å². The smallest absolute Gasteiger partial charge is 0.416 e. The molecule has 3 aromatic rings. The van der Waals surface area contributed by atoms with Crippen LogP contribution in [0.1, 0.15) is 27.0 Å². The summed E-state index contributed by atoms with van der Waals surface area (Å²) in [5.74, 6) is -1.07. The lowest BCUT2D eigenvalue weighted by atomic mass is 10.0. The Morgan fingerprint density at radius 3 is 2.14 bits per heavy atom. The molecule has 152 valence electrons. The Balaban J connectivity index is 1.81. The van der Waals surface area contributed by atoms with E-state index in [9.17, 15) is 31.1 Å². The van der Waals surface area contributed by atoms with Crippen molar-refractivity contribution in [2.24, 2.45) is 0 Å². The predicted molar refractivity (Wildman–Crippen MR) is 89.6 cm³/mol. The van der Waals surface area contributed by atoms with Crippen LogP contribution in [0, 0.1) is 0 Å². The van der Waals surface area contributed by atoms with Crippen LogP contribution in [0.3, 0.4) is 0 Å². The molecule has 3 rings (SSSR count). The fraction of sp³-hybridized carbons (Fsp3) is 0.158. The summed E-state index contributed by atoms with van der Waals surface area (Å²) in [5.41, 5.74) is -1.96. The lowest BCUT2D eigenvalue weighted by Gasteiger charge is -2.14. The van der Waals surface area contributed by atoms with Gasteiger partial charge in [0, 0.05) is 35.6 Å². The topological polar surface area (TPSA) is 55.1 Å². The Kier molecular flexibility index (Phi) is 5.36. The van der Waals surface area contributed by atoms with Gasteiger partial charge in [-0.25, -0.2) is 0 Å². The molecule has 29 heavy (non-hydrogen) atoms. The molecule has 10 heteroatoms. The lowest BCUT2D eigenvalue weighted by molar-refractivity contribution is -0.143. The summed E-state index contributed by atoms with van der Waals surface area (Å²) >= 11 is 0. The van der Waals surface area contributed by atoms with Crippen molar-refractivity contribution in [3.8, 4) is 11.1 Å². The largest absolute Gasteiger partial charge is 0.472 e. The third-order valence-corrected chi connectivity index (χ3v) is 3.95. The first-order valence-electron chi connectivity index (χ1n) is 8.08. The van der Waals surface area contributed by atoms with E-state index in [-0.39, 0.29) is 12.6 Å². The second-order valence-corrected chi connectivity index (χ2v) is 6.07. The summed E-state index contributed by atoms with van der Waals surface area (Å²) in [4.78, 5) is 16.2. The normalized spacial score (nSPS) is 12.1. The Morgan fingerprint density at radius 1 is 0.931 bits per heavy atom. The first-order chi connectivity index (χ1) is 13.5. The van der Waals surface area contributed by atoms with Crippen molar-refractivity contribution in [2.75, 3.05) is 0 Å². The van der Waals surface area contributed by atoms with Crippen LogP contribution in [-0.4, -0.2) is 10.9 Å². The predicted octanol–water partition coefficient (Wildman–Crippen LogP) is 5.31. The fourth-order valence-electron chi connectivity index (χ4n) is 2.54. The Bertz CT molecular complexity index is 978. The minimum Gasteiger partial charge on any atom is -0.472 e. The first-order valence-corrected chi connectivity index (χ1v) is 8.08. The molecule has 0 radical (unpaired) electrons. The van der Waals surface area contributed by atoms with E-state index in [1.807, 2.05) is 0 Å². The molecule has 0 aliphatic heterocycles. The number of nitrogens with zero attached hydrogens (tertiary/aromatic N) is 1. The SMILES string of the molecule is O=C(NCc1cncc(-c2ccoc2)c1)c1cc(C(F)(F)F)cc(C(F)(F)F)c1. The van der Waals surface area contributed by atoms with Crippen LogP contribution in [0.15, 0.2) is 59.7 Å². The monoisotopic (exact) mass is 414 g/mol. The number of pyridine rings is 1. The van der Waals surface area contributed by atoms with Gasteiger partial charge in [-0.2, -0.15) is 26.3 Å². The van der Waals surface area contributed by atoms with Crippen molar-refractivity contribution in [2.45, 2.75) is 18.9 Å². The number of aromatic nitrogens is 1. The molecule has 0 spiro atoms. The lowest BCUT2D eigenvalue weighted by Crippen LogP contribution is -2.24. The van der Waals surface area contributed by atoms with Crippen LogP contribution in [-0.2, 0) is 18.9 Å². The number of carbonyl (C=O) groups excluding carboxylic acids is 1. The third kappa shape index (κ3) is 4.95. The highest BCUT2D eigenvalue weighted by Gasteiger charge is 2.37. The molecule has 1 amide bonds. The number of halogens is 6. The number of furan rings is 1. The summed E-state index contributed by atoms with van der Waals surface area (Å²) in [6.07, 6.45) is -4.18. The molecule has 0 atom stereocenters. The van der Waals surface area contributed by atoms with Gasteiger partial charge in [-0.15, -0.1) is 0 Å². The maximum Gasteiger partial charge on any atom is 0.416 e. The maximum atomic E-state index is 12.9. The number of nitrogens with one attached hydrogen (secondary N) is 1. The molecule has 1 aromatic carbocycles. The van der Waals surface area contributed by atoms with Crippen LogP contribution in [0.4, 0.5) is 26.3 Å². The molecule has 1 N–H and O–H groups in total. The molecule has 4 nitrogen and oxygen atoms in total. The molecule has 2 aromatic heterocycles. The van der Waals surface area contributed by atoms with Crippen LogP contribution >= 0.6 is 0 Å². The zero-order chi connectivity index (χ0) is 21.2. The quantitative estimate of drug-likeness (QED) is 0.589. The zero-order valence-electron chi connectivity index (χ0n) is 14.4. The van der Waals surface area contributed by atoms with Gasteiger partial charge < -0.3 is 9.73 Å². The van der Waals surface area contributed by atoms with E-state index in [1.165, 1.54) is 18.7 Å². The van der Waals surface area contributed by atoms with Crippen LogP contribution in [0.5, 0.6) is 0 Å². The third-order valence-electron chi connectivity index (χ3n) is 3.95. The standard InChI is InChI=1S/C19H12F6N2O2/c20-18(21,22)15-4-13(5-16(6-15)19(23,24)25)17(28)27-8-11-3-14(9-26-7-11)12-1-2-29-10-12/h1-7,9-10H,8H2,(H,27,28). The van der Waals surface area contributed by atoms with Crippen LogP contribution < -0.4 is 5.32 Å². The molecule has 0 unspecified atom stereocenters. The van der Waals surface area contributed by atoms with Gasteiger partial charge in [0.1, 0.15) is 0 Å². The molecule has 2 heterocycles. The Morgan fingerprint density at radius 2 is 1.59 bits per heavy atom. The molecule has 0 aliphatic rings. The number of hydrogen-bond donors (Lipinski definition) is 1. The molecule has 0 bridgehead atoms. The Labute approximate surface area is 160 Å². The summed E-state index contributed by atoms with van der Waals surface area (Å²) in [6.45, 7) is -0.144. The highest BCUT2D eigenvalue weighted by Crippen LogP contribution is 2.36. The molecular weight excluding hydrogens is 402 g/mol. The number of hydrogen-bond acceptors (Lipinski definition) is 3. The molecule has 0 saturated heterocycles. The number of rotatable bonds is 4. The average molecular weight is 414 g/mol. The van der Waals surface area contributed by atoms with Crippen molar-refractivity contribution in [1.82, 2.24) is 10.3 Å². The summed E-state index contributed by atoms with van der Waals surface area (Å²) in [6, 6.07) is 4.07. The average Bonchev–Trinajstić information content (AvgIpc) is 3.19. The number of carbonyl (C=O) groups is 1. The molecule has 0 fully saturated rings. The van der Waals surface area contributed by atoms with E-state index < -0.39 is 35.0 Å². The summed E-state index contributed by atoms with van der Waals surface area (Å²) < 4.78 is 82.4. The second kappa shape index (κ2) is 7.61. The van der Waals surface area contributed by atoms with Crippen molar-refractivity contribution >= 4 is 5.91 Å². The summed E-state index contributed by atoms with van der Waals surface area (Å²) in [7, 11) is 0. The van der Waals surface area contributed by atoms with Gasteiger partial charge in [0.2, 0.25) is 0 Å². The van der Waals surface area contributed by atoms with Crippen molar-refractivity contribution < 1.29 is 35.6 Å². The highest BCUT2D eigenvalue weighted by molar-refractivity contribution is 5.94. The molecule has 0 aliphatic carbocycles. The Hall–Kier alpha value is -3.30. The van der Waals surface area contributed by atoms with Gasteiger partial charge in [0.25, 0.3) is 5.91 Å². The van der Waals surface area contributed by atoms with E-state index in [0.29, 0.717) is 23.3 Å². The fourth-order valence-corrected chi connectivity index (χ4v) is 2.54. The van der Waals surface area contributed by atoms with Gasteiger partial charge in [0.15, 0.2) is 0 Å². The van der Waals surface area contributed by atoms with Crippen LogP contribution in [0.2, 0.25) is 0 Å². The highest BCUT2D eigenvalue weighted by atomic mass is 19.4. The van der Waals surface area contributed by atoms with E-state index in [2.05, 4.69) is 10.3 Å². The minimum atomic E-state index is -5.03. The summed E-state index contributed by atoms with van der Waals surface area (Å²) in [5, 5.41) is 2.31. The van der Waals surface area contributed by atoms with E-state index in [0.717, 1.165) is 5.56 Å². The van der Waals surface area contributed by atoms with E-state index in [1.54, 1.807) is 18.3 Å². The van der Waals surface area contributed by atoms with Gasteiger partial charge in [-0.3, -0.25) is 9.78 Å². The van der Waals surface area contributed by atoms with Crippen molar-refractivity contribution in [3.05, 3.63) is 77.5 Å². The van der Waals surface area contributed by atoms with Gasteiger partial charge in [-0.1, -0.05) is 0 Å². The van der Waals surface area contributed by atoms with Gasteiger partial charge in [0.05, 0.1) is 23.7 Å². The molecule has 0 saturated carbocycles. The number of benzene rings is 1. The van der Waals surface area contributed by atoms with Gasteiger partial charge >= 0.3 is 12.4 Å². The number of alkyl halides is 6. The number of amides is 1. The molecular formula is C19H12F6N2O2. The zero-order valence-corrected chi connectivity index (χ0v) is 14.4. The second-order valence-electron chi connectivity index (χ2n) is 6.07. The minimum absolute atomic E-state index is 0.0327. The van der Waals surface area contributed by atoms with Gasteiger partial charge in [-0.05, 0) is 35.9 Å². The van der Waals surface area contributed by atoms with Crippen molar-refractivity contribution in [3.63, 3.8) is 0 Å². The first kappa shape index (κ1) is 20.4. The van der Waals surface area contributed by atoms with E-state index in [4.69, 9.17) is 4.42 Å².